The number of nitrogens with zero attached hydrogens (tertiary/aromatic N) is 2. The van der Waals surface area contributed by atoms with Crippen LogP contribution in [0.2, 0.25) is 0 Å². The number of aromatic nitrogens is 2. The molecule has 0 atom stereocenters. The number of primary sulfonamides is 1. The van der Waals surface area contributed by atoms with E-state index < -0.39 is 10.0 Å². The van der Waals surface area contributed by atoms with Crippen molar-refractivity contribution in [2.45, 2.75) is 18.4 Å². The van der Waals surface area contributed by atoms with Crippen LogP contribution in [0.3, 0.4) is 0 Å². The number of nitrogens with two attached hydrogens (primary N) is 1. The van der Waals surface area contributed by atoms with Gasteiger partial charge < -0.3 is 5.32 Å². The minimum Gasteiger partial charge on any atom is -0.378 e. The minimum atomic E-state index is -3.74. The van der Waals surface area contributed by atoms with E-state index in [-0.39, 0.29) is 4.90 Å². The zero-order chi connectivity index (χ0) is 13.9. The predicted octanol–water partition coefficient (Wildman–Crippen LogP) is 1.04. The molecule has 0 radical (unpaired) electrons. The van der Waals surface area contributed by atoms with Crippen LogP contribution in [0.1, 0.15) is 11.4 Å². The topological polar surface area (TPSA) is 98.0 Å². The Bertz CT molecular complexity index is 668. The van der Waals surface area contributed by atoms with Gasteiger partial charge >= 0.3 is 0 Å². The van der Waals surface area contributed by atoms with Crippen molar-refractivity contribution in [2.75, 3.05) is 5.32 Å². The second kappa shape index (κ2) is 5.33. The monoisotopic (exact) mass is 278 g/mol. The van der Waals surface area contributed by atoms with Crippen LogP contribution in [0.15, 0.2) is 41.6 Å². The summed E-state index contributed by atoms with van der Waals surface area (Å²) in [6, 6.07) is 6.47. The van der Waals surface area contributed by atoms with Crippen LogP contribution >= 0.6 is 0 Å². The van der Waals surface area contributed by atoms with Crippen LogP contribution in [0.4, 0.5) is 5.69 Å². The molecule has 1 aromatic heterocycles. The molecular weight excluding hydrogens is 264 g/mol. The molecule has 0 aliphatic rings. The van der Waals surface area contributed by atoms with Crippen LogP contribution < -0.4 is 10.5 Å². The molecular formula is C12H14N4O2S. The first-order chi connectivity index (χ1) is 8.97. The lowest BCUT2D eigenvalue weighted by Crippen LogP contribution is -2.15. The molecule has 0 amide bonds. The van der Waals surface area contributed by atoms with Gasteiger partial charge in [-0.1, -0.05) is 12.1 Å². The third-order valence-corrected chi connectivity index (χ3v) is 3.46. The van der Waals surface area contributed by atoms with Gasteiger partial charge in [0.05, 0.1) is 29.8 Å². The minimum absolute atomic E-state index is 0.0649. The molecule has 0 spiro atoms. The summed E-state index contributed by atoms with van der Waals surface area (Å²) >= 11 is 0. The smallest absolute Gasteiger partial charge is 0.240 e. The molecule has 0 saturated carbocycles. The summed E-state index contributed by atoms with van der Waals surface area (Å²) in [5, 5.41) is 8.14. The van der Waals surface area contributed by atoms with E-state index in [1.807, 2.05) is 6.92 Å². The van der Waals surface area contributed by atoms with Gasteiger partial charge in [-0.15, -0.1) is 0 Å². The van der Waals surface area contributed by atoms with E-state index in [1.54, 1.807) is 30.6 Å². The highest BCUT2D eigenvalue weighted by Gasteiger charge is 2.12. The standard InChI is InChI=1S/C12H14N4O2S/c1-9-6-15-10(7-14-9)8-16-11-4-2-3-5-12(11)19(13,17)18/h2-7,16H,8H2,1H3,(H2,13,17,18). The van der Waals surface area contributed by atoms with E-state index in [0.717, 1.165) is 11.4 Å². The lowest BCUT2D eigenvalue weighted by molar-refractivity contribution is 0.598. The van der Waals surface area contributed by atoms with Crippen molar-refractivity contribution >= 4 is 15.7 Å². The van der Waals surface area contributed by atoms with Crippen molar-refractivity contribution in [3.8, 4) is 0 Å². The quantitative estimate of drug-likeness (QED) is 0.871. The Morgan fingerprint density at radius 1 is 1.21 bits per heavy atom. The number of sulfonamides is 1. The number of hydrogen-bond donors (Lipinski definition) is 2. The average Bonchev–Trinajstić information content (AvgIpc) is 2.37. The van der Waals surface area contributed by atoms with Crippen LogP contribution in [-0.2, 0) is 16.6 Å². The molecule has 2 aromatic rings. The van der Waals surface area contributed by atoms with Crippen LogP contribution in [0, 0.1) is 6.92 Å². The number of benzene rings is 1. The van der Waals surface area contributed by atoms with Crippen molar-refractivity contribution < 1.29 is 8.42 Å². The second-order valence-corrected chi connectivity index (χ2v) is 5.57. The summed E-state index contributed by atoms with van der Waals surface area (Å²) in [5.74, 6) is 0. The third-order valence-electron chi connectivity index (χ3n) is 2.49. The average molecular weight is 278 g/mol. The Hall–Kier alpha value is -1.99. The predicted molar refractivity (Wildman–Crippen MR) is 71.9 cm³/mol. The molecule has 0 unspecified atom stereocenters. The van der Waals surface area contributed by atoms with Gasteiger partial charge in [0.2, 0.25) is 10.0 Å². The van der Waals surface area contributed by atoms with E-state index in [0.29, 0.717) is 12.2 Å². The number of anilines is 1. The number of para-hydroxylation sites is 1. The highest BCUT2D eigenvalue weighted by atomic mass is 32.2. The first-order valence-electron chi connectivity index (χ1n) is 5.60. The summed E-state index contributed by atoms with van der Waals surface area (Å²) in [6.07, 6.45) is 3.30. The van der Waals surface area contributed by atoms with Crippen molar-refractivity contribution in [1.29, 1.82) is 0 Å². The van der Waals surface area contributed by atoms with Gasteiger partial charge in [0.1, 0.15) is 4.90 Å². The molecule has 100 valence electrons. The summed E-state index contributed by atoms with van der Waals surface area (Å²) in [4.78, 5) is 8.36. The summed E-state index contributed by atoms with van der Waals surface area (Å²) in [6.45, 7) is 2.22. The molecule has 1 aromatic carbocycles. The van der Waals surface area contributed by atoms with Crippen molar-refractivity contribution in [3.63, 3.8) is 0 Å². The van der Waals surface area contributed by atoms with E-state index >= 15 is 0 Å². The number of rotatable bonds is 4. The molecule has 1 heterocycles. The summed E-state index contributed by atoms with van der Waals surface area (Å²) in [7, 11) is -3.74. The largest absolute Gasteiger partial charge is 0.378 e. The molecule has 19 heavy (non-hydrogen) atoms. The van der Waals surface area contributed by atoms with Gasteiger partial charge in [-0.2, -0.15) is 0 Å². The first-order valence-corrected chi connectivity index (χ1v) is 7.14. The Balaban J connectivity index is 2.18. The number of nitrogens with one attached hydrogen (secondary N) is 1. The molecule has 0 aliphatic heterocycles. The van der Waals surface area contributed by atoms with Crippen molar-refractivity contribution in [2.24, 2.45) is 5.14 Å². The second-order valence-electron chi connectivity index (χ2n) is 4.04. The maximum absolute atomic E-state index is 11.4. The summed E-state index contributed by atoms with van der Waals surface area (Å²) < 4.78 is 22.8. The van der Waals surface area contributed by atoms with E-state index in [9.17, 15) is 8.42 Å². The highest BCUT2D eigenvalue weighted by Crippen LogP contribution is 2.19. The maximum atomic E-state index is 11.4. The fourth-order valence-corrected chi connectivity index (χ4v) is 2.27. The first kappa shape index (κ1) is 13.4. The van der Waals surface area contributed by atoms with Gasteiger partial charge in [-0.3, -0.25) is 9.97 Å². The molecule has 0 saturated heterocycles. The van der Waals surface area contributed by atoms with Gasteiger partial charge in [0.15, 0.2) is 0 Å². The van der Waals surface area contributed by atoms with Crippen LogP contribution in [0.25, 0.3) is 0 Å². The molecule has 6 nitrogen and oxygen atoms in total. The van der Waals surface area contributed by atoms with Gasteiger partial charge in [0, 0.05) is 6.20 Å². The van der Waals surface area contributed by atoms with E-state index in [2.05, 4.69) is 15.3 Å². The normalized spacial score (nSPS) is 11.3. The van der Waals surface area contributed by atoms with Gasteiger partial charge in [0.25, 0.3) is 0 Å². The van der Waals surface area contributed by atoms with Crippen LogP contribution in [-0.4, -0.2) is 18.4 Å². The zero-order valence-electron chi connectivity index (χ0n) is 10.4. The number of aryl methyl sites for hydroxylation is 1. The Morgan fingerprint density at radius 3 is 2.58 bits per heavy atom. The fourth-order valence-electron chi connectivity index (χ4n) is 1.56. The summed E-state index contributed by atoms with van der Waals surface area (Å²) in [5.41, 5.74) is 2.00. The van der Waals surface area contributed by atoms with Crippen LogP contribution in [0.5, 0.6) is 0 Å². The molecule has 0 aliphatic carbocycles. The van der Waals surface area contributed by atoms with Gasteiger partial charge in [-0.25, -0.2) is 13.6 Å². The maximum Gasteiger partial charge on any atom is 0.240 e. The Morgan fingerprint density at radius 2 is 1.95 bits per heavy atom. The lowest BCUT2D eigenvalue weighted by atomic mass is 10.3. The molecule has 0 fully saturated rings. The van der Waals surface area contributed by atoms with E-state index in [1.165, 1.54) is 6.07 Å². The lowest BCUT2D eigenvalue weighted by Gasteiger charge is -2.09. The third kappa shape index (κ3) is 3.49. The highest BCUT2D eigenvalue weighted by molar-refractivity contribution is 7.89. The molecule has 3 N–H and O–H groups in total. The molecule has 2 rings (SSSR count). The molecule has 0 bridgehead atoms. The zero-order valence-corrected chi connectivity index (χ0v) is 11.2. The fraction of sp³-hybridized carbons (Fsp3) is 0.167. The van der Waals surface area contributed by atoms with Crippen molar-refractivity contribution in [3.05, 3.63) is 48.0 Å². The van der Waals surface area contributed by atoms with Crippen molar-refractivity contribution in [1.82, 2.24) is 9.97 Å². The molecule has 7 heteroatoms. The van der Waals surface area contributed by atoms with Gasteiger partial charge in [-0.05, 0) is 19.1 Å². The number of hydrogen-bond acceptors (Lipinski definition) is 5. The SMILES string of the molecule is Cc1cnc(CNc2ccccc2S(N)(=O)=O)cn1. The Labute approximate surface area is 111 Å². The van der Waals surface area contributed by atoms with E-state index in [4.69, 9.17) is 5.14 Å². The Kier molecular flexibility index (Phi) is 3.77.